The molecule has 0 saturated heterocycles. The lowest BCUT2D eigenvalue weighted by atomic mass is 10.2. The molecule has 2 nitrogen and oxygen atoms in total. The molecule has 0 amide bonds. The highest BCUT2D eigenvalue weighted by Crippen LogP contribution is 2.33. The van der Waals surface area contributed by atoms with Crippen LogP contribution in [0.25, 0.3) is 6.08 Å². The first-order valence-corrected chi connectivity index (χ1v) is 5.19. The van der Waals surface area contributed by atoms with Gasteiger partial charge in [-0.2, -0.15) is 0 Å². The molecule has 2 N–H and O–H groups in total. The van der Waals surface area contributed by atoms with Gasteiger partial charge in [-0.05, 0) is 49.6 Å². The van der Waals surface area contributed by atoms with E-state index in [4.69, 9.17) is 5.11 Å². The van der Waals surface area contributed by atoms with Crippen molar-refractivity contribution in [3.8, 4) is 5.75 Å². The first-order valence-electron chi connectivity index (χ1n) is 3.60. The number of hydrogen-bond donors (Lipinski definition) is 2. The van der Waals surface area contributed by atoms with Gasteiger partial charge in [0.25, 0.3) is 0 Å². The Morgan fingerprint density at radius 3 is 2.23 bits per heavy atom. The molecule has 1 aromatic rings. The summed E-state index contributed by atoms with van der Waals surface area (Å²) in [4.78, 5) is 0. The Morgan fingerprint density at radius 1 is 1.23 bits per heavy atom. The van der Waals surface area contributed by atoms with E-state index in [1.54, 1.807) is 24.3 Å². The Hall–Kier alpha value is -0.320. The molecule has 0 atom stereocenters. The standard InChI is InChI=1S/C9H8Br2O2/c10-7-4-6(2-1-3-12)5-8(11)9(7)13/h1-2,4-5,12-13H,3H2. The maximum Gasteiger partial charge on any atom is 0.143 e. The minimum Gasteiger partial charge on any atom is -0.506 e. The average Bonchev–Trinajstić information content (AvgIpc) is 2.10. The van der Waals surface area contributed by atoms with E-state index in [2.05, 4.69) is 31.9 Å². The first-order chi connectivity index (χ1) is 6.15. The highest BCUT2D eigenvalue weighted by atomic mass is 79.9. The van der Waals surface area contributed by atoms with E-state index in [9.17, 15) is 5.11 Å². The molecule has 0 fully saturated rings. The molecule has 0 unspecified atom stereocenters. The van der Waals surface area contributed by atoms with Crippen molar-refractivity contribution in [2.75, 3.05) is 6.61 Å². The summed E-state index contributed by atoms with van der Waals surface area (Å²) < 4.78 is 1.25. The van der Waals surface area contributed by atoms with Crippen molar-refractivity contribution in [2.45, 2.75) is 0 Å². The lowest BCUT2D eigenvalue weighted by Crippen LogP contribution is -1.78. The van der Waals surface area contributed by atoms with E-state index in [-0.39, 0.29) is 12.4 Å². The molecule has 0 bridgehead atoms. The van der Waals surface area contributed by atoms with Crippen LogP contribution in [0, 0.1) is 0 Å². The Balaban J connectivity index is 3.06. The van der Waals surface area contributed by atoms with Crippen molar-refractivity contribution in [1.29, 1.82) is 0 Å². The molecule has 1 aromatic carbocycles. The van der Waals surface area contributed by atoms with Crippen molar-refractivity contribution in [2.24, 2.45) is 0 Å². The van der Waals surface area contributed by atoms with Gasteiger partial charge in [-0.3, -0.25) is 0 Å². The zero-order valence-corrected chi connectivity index (χ0v) is 9.84. The van der Waals surface area contributed by atoms with E-state index in [1.165, 1.54) is 0 Å². The third-order valence-corrected chi connectivity index (χ3v) is 2.66. The van der Waals surface area contributed by atoms with Crippen LogP contribution in [-0.2, 0) is 0 Å². The topological polar surface area (TPSA) is 40.5 Å². The van der Waals surface area contributed by atoms with Gasteiger partial charge in [-0.1, -0.05) is 12.2 Å². The number of phenolic OH excluding ortho intramolecular Hbond substituents is 1. The summed E-state index contributed by atoms with van der Waals surface area (Å²) in [5, 5.41) is 18.0. The maximum absolute atomic E-state index is 9.39. The highest BCUT2D eigenvalue weighted by Gasteiger charge is 2.03. The normalized spacial score (nSPS) is 11.0. The summed E-state index contributed by atoms with van der Waals surface area (Å²) in [7, 11) is 0. The number of phenols is 1. The summed E-state index contributed by atoms with van der Waals surface area (Å²) in [6, 6.07) is 3.54. The minimum atomic E-state index is 0.0100. The number of hydrogen-bond acceptors (Lipinski definition) is 2. The van der Waals surface area contributed by atoms with Crippen molar-refractivity contribution in [1.82, 2.24) is 0 Å². The quantitative estimate of drug-likeness (QED) is 0.882. The van der Waals surface area contributed by atoms with Crippen LogP contribution < -0.4 is 0 Å². The second-order valence-corrected chi connectivity index (χ2v) is 4.13. The van der Waals surface area contributed by atoms with E-state index >= 15 is 0 Å². The van der Waals surface area contributed by atoms with Gasteiger partial charge in [0, 0.05) is 0 Å². The molecule has 0 aliphatic carbocycles. The minimum absolute atomic E-state index is 0.0100. The summed E-state index contributed by atoms with van der Waals surface area (Å²) in [5.41, 5.74) is 0.908. The lowest BCUT2D eigenvalue weighted by molar-refractivity contribution is 0.343. The third kappa shape index (κ3) is 2.83. The Bertz CT molecular complexity index is 311. The number of benzene rings is 1. The Kier molecular flexibility index (Phi) is 3.96. The van der Waals surface area contributed by atoms with Gasteiger partial charge in [-0.15, -0.1) is 0 Å². The van der Waals surface area contributed by atoms with Crippen LogP contribution >= 0.6 is 31.9 Å². The second kappa shape index (κ2) is 4.79. The van der Waals surface area contributed by atoms with Gasteiger partial charge in [0.05, 0.1) is 15.6 Å². The molecular formula is C9H8Br2O2. The van der Waals surface area contributed by atoms with Crippen molar-refractivity contribution in [3.63, 3.8) is 0 Å². The molecule has 13 heavy (non-hydrogen) atoms. The largest absolute Gasteiger partial charge is 0.506 e. The zero-order valence-electron chi connectivity index (χ0n) is 6.67. The predicted molar refractivity (Wildman–Crippen MR) is 59.6 cm³/mol. The predicted octanol–water partition coefficient (Wildman–Crippen LogP) is 2.92. The number of halogens is 2. The van der Waals surface area contributed by atoms with E-state index < -0.39 is 0 Å². The molecule has 0 heterocycles. The van der Waals surface area contributed by atoms with Crippen molar-refractivity contribution >= 4 is 37.9 Å². The average molecular weight is 308 g/mol. The molecule has 1 rings (SSSR count). The molecular weight excluding hydrogens is 300 g/mol. The van der Waals surface area contributed by atoms with Gasteiger partial charge in [0.1, 0.15) is 5.75 Å². The Morgan fingerprint density at radius 2 is 1.77 bits per heavy atom. The van der Waals surface area contributed by atoms with Gasteiger partial charge in [0.2, 0.25) is 0 Å². The summed E-state index contributed by atoms with van der Waals surface area (Å²) in [5.74, 6) is 0.182. The molecule has 0 aliphatic heterocycles. The second-order valence-electron chi connectivity index (χ2n) is 2.42. The Labute approximate surface area is 93.2 Å². The lowest BCUT2D eigenvalue weighted by Gasteiger charge is -2.01. The van der Waals surface area contributed by atoms with Gasteiger partial charge >= 0.3 is 0 Å². The van der Waals surface area contributed by atoms with Gasteiger partial charge in [-0.25, -0.2) is 0 Å². The van der Waals surface area contributed by atoms with Gasteiger partial charge in [0.15, 0.2) is 0 Å². The molecule has 0 saturated carbocycles. The number of aliphatic hydroxyl groups excluding tert-OH is 1. The first kappa shape index (κ1) is 10.8. The molecule has 0 radical (unpaired) electrons. The third-order valence-electron chi connectivity index (χ3n) is 1.45. The van der Waals surface area contributed by atoms with Crippen LogP contribution in [0.1, 0.15) is 5.56 Å². The van der Waals surface area contributed by atoms with Crippen LogP contribution in [0.2, 0.25) is 0 Å². The molecule has 70 valence electrons. The number of rotatable bonds is 2. The summed E-state index contributed by atoms with van der Waals surface area (Å²) in [6.45, 7) is 0.0100. The fourth-order valence-electron chi connectivity index (χ4n) is 0.870. The van der Waals surface area contributed by atoms with Crippen LogP contribution in [0.15, 0.2) is 27.2 Å². The van der Waals surface area contributed by atoms with Crippen LogP contribution in [-0.4, -0.2) is 16.8 Å². The molecule has 0 aliphatic rings. The van der Waals surface area contributed by atoms with Crippen molar-refractivity contribution < 1.29 is 10.2 Å². The summed E-state index contributed by atoms with van der Waals surface area (Å²) in [6.07, 6.45) is 3.40. The van der Waals surface area contributed by atoms with Crippen LogP contribution in [0.5, 0.6) is 5.75 Å². The smallest absolute Gasteiger partial charge is 0.143 e. The SMILES string of the molecule is OCC=Cc1cc(Br)c(O)c(Br)c1. The number of aliphatic hydroxyl groups is 1. The fraction of sp³-hybridized carbons (Fsp3) is 0.111. The monoisotopic (exact) mass is 306 g/mol. The maximum atomic E-state index is 9.39. The fourth-order valence-corrected chi connectivity index (χ4v) is 2.09. The molecule has 4 heteroatoms. The van der Waals surface area contributed by atoms with E-state index in [0.29, 0.717) is 8.95 Å². The highest BCUT2D eigenvalue weighted by molar-refractivity contribution is 9.11. The van der Waals surface area contributed by atoms with E-state index in [1.807, 2.05) is 0 Å². The zero-order chi connectivity index (χ0) is 9.84. The molecule has 0 spiro atoms. The summed E-state index contributed by atoms with van der Waals surface area (Å²) >= 11 is 6.42. The van der Waals surface area contributed by atoms with E-state index in [0.717, 1.165) is 5.56 Å². The van der Waals surface area contributed by atoms with Crippen LogP contribution in [0.3, 0.4) is 0 Å². The van der Waals surface area contributed by atoms with Gasteiger partial charge < -0.3 is 10.2 Å². The van der Waals surface area contributed by atoms with Crippen molar-refractivity contribution in [3.05, 3.63) is 32.7 Å². The molecule has 0 aromatic heterocycles. The number of aromatic hydroxyl groups is 1. The van der Waals surface area contributed by atoms with Crippen LogP contribution in [0.4, 0.5) is 0 Å².